The largest absolute Gasteiger partial charge is 0.500 e. The minimum Gasteiger partial charge on any atom is -0.377 e. The average Bonchev–Trinajstić information content (AvgIpc) is 2.51. The quantitative estimate of drug-likeness (QED) is 0.451. The standard InChI is InChI=1S/C17H40N2O3Si/c1-9-17(12-10-14-18(2)3,13-11-15-19(4)5)16-23(20-6,21-7)22-8/h9-16H2,1-8H3. The van der Waals surface area contributed by atoms with Gasteiger partial charge in [-0.25, -0.2) is 0 Å². The van der Waals surface area contributed by atoms with E-state index in [2.05, 4.69) is 44.9 Å². The smallest absolute Gasteiger partial charge is 0.377 e. The number of hydrogen-bond donors (Lipinski definition) is 0. The summed E-state index contributed by atoms with van der Waals surface area (Å²) in [5.41, 5.74) is 0.236. The van der Waals surface area contributed by atoms with Crippen LogP contribution in [-0.4, -0.2) is 81.2 Å². The van der Waals surface area contributed by atoms with Gasteiger partial charge in [0.25, 0.3) is 0 Å². The maximum Gasteiger partial charge on any atom is 0.500 e. The zero-order valence-corrected chi connectivity index (χ0v) is 17.8. The van der Waals surface area contributed by atoms with Crippen LogP contribution < -0.4 is 0 Å². The summed E-state index contributed by atoms with van der Waals surface area (Å²) in [7, 11) is 11.2. The zero-order chi connectivity index (χ0) is 17.9. The molecular formula is C17H40N2O3Si. The molecule has 0 radical (unpaired) electrons. The summed E-state index contributed by atoms with van der Waals surface area (Å²) in [5.74, 6) is 0. The van der Waals surface area contributed by atoms with E-state index >= 15 is 0 Å². The molecule has 140 valence electrons. The summed E-state index contributed by atoms with van der Waals surface area (Å²) in [6.07, 6.45) is 5.92. The lowest BCUT2D eigenvalue weighted by Crippen LogP contribution is -2.47. The van der Waals surface area contributed by atoms with E-state index in [1.807, 2.05) is 0 Å². The fourth-order valence-corrected chi connectivity index (χ4v) is 5.70. The molecule has 0 heterocycles. The van der Waals surface area contributed by atoms with Gasteiger partial charge in [-0.2, -0.15) is 0 Å². The van der Waals surface area contributed by atoms with Crippen molar-refractivity contribution in [3.05, 3.63) is 0 Å². The summed E-state index contributed by atoms with van der Waals surface area (Å²) in [6, 6.07) is 0.904. The summed E-state index contributed by atoms with van der Waals surface area (Å²) in [5, 5.41) is 0. The second kappa shape index (κ2) is 11.6. The lowest BCUT2D eigenvalue weighted by molar-refractivity contribution is 0.0955. The van der Waals surface area contributed by atoms with Gasteiger partial charge in [0, 0.05) is 27.4 Å². The summed E-state index contributed by atoms with van der Waals surface area (Å²) < 4.78 is 17.2. The van der Waals surface area contributed by atoms with Gasteiger partial charge < -0.3 is 23.1 Å². The Morgan fingerprint density at radius 3 is 1.43 bits per heavy atom. The molecule has 0 aliphatic rings. The molecule has 0 aromatic rings. The summed E-state index contributed by atoms with van der Waals surface area (Å²) in [6.45, 7) is 4.54. The minimum atomic E-state index is -2.56. The van der Waals surface area contributed by atoms with Crippen LogP contribution in [0.2, 0.25) is 6.04 Å². The molecule has 0 aromatic carbocycles. The Morgan fingerprint density at radius 1 is 0.783 bits per heavy atom. The monoisotopic (exact) mass is 348 g/mol. The van der Waals surface area contributed by atoms with Crippen LogP contribution in [0.1, 0.15) is 39.0 Å². The van der Waals surface area contributed by atoms with Crippen LogP contribution >= 0.6 is 0 Å². The fraction of sp³-hybridized carbons (Fsp3) is 1.00. The first-order chi connectivity index (χ1) is 10.8. The lowest BCUT2D eigenvalue weighted by Gasteiger charge is -2.39. The molecule has 5 nitrogen and oxygen atoms in total. The molecule has 0 amide bonds. The zero-order valence-electron chi connectivity index (χ0n) is 16.8. The van der Waals surface area contributed by atoms with E-state index in [-0.39, 0.29) is 5.41 Å². The predicted molar refractivity (Wildman–Crippen MR) is 99.9 cm³/mol. The van der Waals surface area contributed by atoms with Crippen molar-refractivity contribution in [3.8, 4) is 0 Å². The Labute approximate surface area is 145 Å². The number of nitrogens with zero attached hydrogens (tertiary/aromatic N) is 2. The third-order valence-electron chi connectivity index (χ3n) is 4.90. The van der Waals surface area contributed by atoms with Crippen LogP contribution in [-0.2, 0) is 13.3 Å². The van der Waals surface area contributed by atoms with Gasteiger partial charge in [-0.15, -0.1) is 0 Å². The molecule has 0 N–H and O–H groups in total. The van der Waals surface area contributed by atoms with E-state index in [0.29, 0.717) is 0 Å². The molecule has 0 unspecified atom stereocenters. The van der Waals surface area contributed by atoms with Crippen molar-refractivity contribution in [2.45, 2.75) is 45.1 Å². The van der Waals surface area contributed by atoms with E-state index < -0.39 is 8.80 Å². The molecule has 0 bridgehead atoms. The van der Waals surface area contributed by atoms with Crippen LogP contribution in [0, 0.1) is 5.41 Å². The van der Waals surface area contributed by atoms with Gasteiger partial charge in [0.05, 0.1) is 0 Å². The normalized spacial score (nSPS) is 13.3. The van der Waals surface area contributed by atoms with Crippen molar-refractivity contribution in [2.75, 3.05) is 62.6 Å². The third-order valence-corrected chi connectivity index (χ3v) is 7.95. The Kier molecular flexibility index (Phi) is 11.6. The molecule has 0 aliphatic carbocycles. The first-order valence-corrected chi connectivity index (χ1v) is 10.7. The molecule has 0 aliphatic heterocycles. The molecule has 0 aromatic heterocycles. The second-order valence-electron chi connectivity index (χ2n) is 7.14. The molecule has 0 rings (SSSR count). The van der Waals surface area contributed by atoms with E-state index in [1.54, 1.807) is 21.3 Å². The van der Waals surface area contributed by atoms with Gasteiger partial charge in [-0.1, -0.05) is 13.3 Å². The van der Waals surface area contributed by atoms with Gasteiger partial charge in [-0.3, -0.25) is 0 Å². The molecule has 0 fully saturated rings. The van der Waals surface area contributed by atoms with E-state index in [4.69, 9.17) is 13.3 Å². The van der Waals surface area contributed by atoms with Crippen molar-refractivity contribution >= 4 is 8.80 Å². The Balaban J connectivity index is 5.04. The maximum atomic E-state index is 5.72. The molecule has 0 saturated heterocycles. The molecular weight excluding hydrogens is 308 g/mol. The van der Waals surface area contributed by atoms with Crippen LogP contribution in [0.5, 0.6) is 0 Å². The predicted octanol–water partition coefficient (Wildman–Crippen LogP) is 2.94. The first kappa shape index (κ1) is 23.0. The number of hydrogen-bond acceptors (Lipinski definition) is 5. The third kappa shape index (κ3) is 8.61. The van der Waals surface area contributed by atoms with E-state index in [1.165, 1.54) is 25.7 Å². The first-order valence-electron chi connectivity index (χ1n) is 8.73. The molecule has 0 atom stereocenters. The summed E-state index contributed by atoms with van der Waals surface area (Å²) in [4.78, 5) is 4.52. The lowest BCUT2D eigenvalue weighted by atomic mass is 9.78. The van der Waals surface area contributed by atoms with E-state index in [9.17, 15) is 0 Å². The van der Waals surface area contributed by atoms with Crippen LogP contribution in [0.25, 0.3) is 0 Å². The molecule has 0 saturated carbocycles. The highest BCUT2D eigenvalue weighted by Gasteiger charge is 2.46. The van der Waals surface area contributed by atoms with Crippen LogP contribution in [0.3, 0.4) is 0 Å². The number of rotatable bonds is 14. The van der Waals surface area contributed by atoms with Gasteiger partial charge in [0.1, 0.15) is 0 Å². The Bertz CT molecular complexity index is 275. The molecule has 6 heteroatoms. The van der Waals surface area contributed by atoms with Gasteiger partial charge in [-0.05, 0) is 72.4 Å². The van der Waals surface area contributed by atoms with Crippen LogP contribution in [0.15, 0.2) is 0 Å². The SMILES string of the molecule is CCC(CCCN(C)C)(CCCN(C)C)C[Si](OC)(OC)OC. The highest BCUT2D eigenvalue weighted by Crippen LogP contribution is 2.42. The molecule has 0 spiro atoms. The topological polar surface area (TPSA) is 34.2 Å². The van der Waals surface area contributed by atoms with Gasteiger partial charge in [0.15, 0.2) is 0 Å². The van der Waals surface area contributed by atoms with Crippen LogP contribution in [0.4, 0.5) is 0 Å². The van der Waals surface area contributed by atoms with E-state index in [0.717, 1.165) is 25.6 Å². The van der Waals surface area contributed by atoms with Crippen molar-refractivity contribution in [3.63, 3.8) is 0 Å². The highest BCUT2D eigenvalue weighted by molar-refractivity contribution is 6.60. The average molecular weight is 349 g/mol. The van der Waals surface area contributed by atoms with Gasteiger partial charge in [0.2, 0.25) is 0 Å². The second-order valence-corrected chi connectivity index (χ2v) is 10.1. The van der Waals surface area contributed by atoms with Crippen molar-refractivity contribution in [2.24, 2.45) is 5.41 Å². The molecule has 23 heavy (non-hydrogen) atoms. The fourth-order valence-electron chi connectivity index (χ4n) is 3.25. The summed E-state index contributed by atoms with van der Waals surface area (Å²) >= 11 is 0. The highest BCUT2D eigenvalue weighted by atomic mass is 28.4. The Morgan fingerprint density at radius 2 is 1.17 bits per heavy atom. The van der Waals surface area contributed by atoms with Crippen molar-refractivity contribution in [1.29, 1.82) is 0 Å². The minimum absolute atomic E-state index is 0.236. The van der Waals surface area contributed by atoms with Crippen molar-refractivity contribution in [1.82, 2.24) is 9.80 Å². The Hall–Kier alpha value is 0.0169. The maximum absolute atomic E-state index is 5.72. The van der Waals surface area contributed by atoms with Gasteiger partial charge >= 0.3 is 8.80 Å². The van der Waals surface area contributed by atoms with Crippen molar-refractivity contribution < 1.29 is 13.3 Å².